The van der Waals surface area contributed by atoms with Gasteiger partial charge in [-0.05, 0) is 56.7 Å². The van der Waals surface area contributed by atoms with Crippen molar-refractivity contribution in [3.05, 3.63) is 82.7 Å². The third-order valence-electron chi connectivity index (χ3n) is 5.22. The molecular weight excluding hydrogens is 448 g/mol. The van der Waals surface area contributed by atoms with E-state index < -0.39 is 24.5 Å². The smallest absolute Gasteiger partial charge is 0.331 e. The van der Waals surface area contributed by atoms with Gasteiger partial charge in [0, 0.05) is 23.0 Å². The van der Waals surface area contributed by atoms with E-state index in [1.165, 1.54) is 18.7 Å². The van der Waals surface area contributed by atoms with Crippen molar-refractivity contribution < 1.29 is 23.9 Å². The second-order valence-electron chi connectivity index (χ2n) is 7.90. The molecule has 182 valence electrons. The number of aryl methyl sites for hydroxylation is 2. The maximum atomic E-state index is 12.1. The summed E-state index contributed by atoms with van der Waals surface area (Å²) in [4.78, 5) is 35.9. The Labute approximate surface area is 203 Å². The predicted octanol–water partition coefficient (Wildman–Crippen LogP) is 3.77. The highest BCUT2D eigenvalue weighted by Crippen LogP contribution is 2.17. The summed E-state index contributed by atoms with van der Waals surface area (Å²) in [6.07, 6.45) is 2.85. The summed E-state index contributed by atoms with van der Waals surface area (Å²) in [5, 5.41) is 9.16. The summed E-state index contributed by atoms with van der Waals surface area (Å²) >= 11 is 0. The fourth-order valence-electron chi connectivity index (χ4n) is 3.31. The number of esters is 1. The van der Waals surface area contributed by atoms with Gasteiger partial charge in [0.25, 0.3) is 5.91 Å². The van der Waals surface area contributed by atoms with Crippen LogP contribution in [-0.2, 0) is 20.9 Å². The Balaban J connectivity index is 1.49. The number of hydrogen-bond donors (Lipinski definition) is 2. The average Bonchev–Trinajstić information content (AvgIpc) is 3.10. The minimum atomic E-state index is -0.754. The number of benzene rings is 2. The van der Waals surface area contributed by atoms with Gasteiger partial charge in [0.05, 0.1) is 19.3 Å². The van der Waals surface area contributed by atoms with Crippen molar-refractivity contribution in [2.45, 2.75) is 27.3 Å². The van der Waals surface area contributed by atoms with Crippen molar-refractivity contribution in [3.8, 4) is 5.75 Å². The van der Waals surface area contributed by atoms with E-state index in [0.29, 0.717) is 18.0 Å². The number of ether oxygens (including phenoxy) is 2. The molecule has 0 saturated carbocycles. The first kappa shape index (κ1) is 25.2. The zero-order valence-electron chi connectivity index (χ0n) is 20.1. The molecule has 0 aliphatic rings. The lowest BCUT2D eigenvalue weighted by Gasteiger charge is -2.07. The van der Waals surface area contributed by atoms with Gasteiger partial charge in [0.2, 0.25) is 0 Å². The fourth-order valence-corrected chi connectivity index (χ4v) is 3.31. The number of urea groups is 1. The molecule has 2 N–H and O–H groups in total. The molecule has 3 aromatic rings. The number of carbonyl (C=O) groups is 3. The highest BCUT2D eigenvalue weighted by atomic mass is 16.5. The first-order chi connectivity index (χ1) is 16.7. The second kappa shape index (κ2) is 11.6. The van der Waals surface area contributed by atoms with E-state index in [-0.39, 0.29) is 0 Å². The predicted molar refractivity (Wildman–Crippen MR) is 132 cm³/mol. The van der Waals surface area contributed by atoms with Crippen molar-refractivity contribution in [2.75, 3.05) is 19.0 Å². The zero-order valence-corrected chi connectivity index (χ0v) is 20.1. The number of rotatable bonds is 8. The Morgan fingerprint density at radius 2 is 1.69 bits per heavy atom. The summed E-state index contributed by atoms with van der Waals surface area (Å²) < 4.78 is 11.9. The minimum absolute atomic E-state index is 0.477. The quantitative estimate of drug-likeness (QED) is 0.378. The fraction of sp³-hybridized carbons (Fsp3) is 0.231. The van der Waals surface area contributed by atoms with Crippen LogP contribution in [0.4, 0.5) is 10.5 Å². The molecule has 0 aliphatic heterocycles. The van der Waals surface area contributed by atoms with Crippen LogP contribution in [0.1, 0.15) is 28.1 Å². The molecule has 0 spiro atoms. The molecule has 0 atom stereocenters. The maximum Gasteiger partial charge on any atom is 0.331 e. The van der Waals surface area contributed by atoms with E-state index >= 15 is 0 Å². The molecule has 9 nitrogen and oxygen atoms in total. The van der Waals surface area contributed by atoms with Crippen molar-refractivity contribution in [3.63, 3.8) is 0 Å². The van der Waals surface area contributed by atoms with Crippen LogP contribution < -0.4 is 15.4 Å². The lowest BCUT2D eigenvalue weighted by atomic mass is 10.1. The lowest BCUT2D eigenvalue weighted by molar-refractivity contribution is -0.143. The SMILES string of the molecule is COc1ccc(NC(=O)NC(=O)COC(=O)C=Cc2c(C)nn(Cc3ccc(C)cc3)c2C)cc1. The number of carbonyl (C=O) groups excluding carboxylic acids is 3. The Bertz CT molecular complexity index is 1230. The van der Waals surface area contributed by atoms with Crippen LogP contribution in [0.15, 0.2) is 54.6 Å². The Morgan fingerprint density at radius 3 is 2.34 bits per heavy atom. The van der Waals surface area contributed by atoms with Gasteiger partial charge in [-0.15, -0.1) is 0 Å². The molecule has 0 unspecified atom stereocenters. The number of amides is 3. The second-order valence-corrected chi connectivity index (χ2v) is 7.90. The van der Waals surface area contributed by atoms with Crippen LogP contribution in [0.25, 0.3) is 6.08 Å². The van der Waals surface area contributed by atoms with E-state index in [4.69, 9.17) is 9.47 Å². The first-order valence-electron chi connectivity index (χ1n) is 10.9. The summed E-state index contributed by atoms with van der Waals surface area (Å²) in [6, 6.07) is 14.1. The van der Waals surface area contributed by atoms with E-state index in [2.05, 4.69) is 40.0 Å². The van der Waals surface area contributed by atoms with Crippen molar-refractivity contribution in [1.29, 1.82) is 0 Å². The largest absolute Gasteiger partial charge is 0.497 e. The van der Waals surface area contributed by atoms with E-state index in [0.717, 1.165) is 22.5 Å². The van der Waals surface area contributed by atoms with Crippen molar-refractivity contribution >= 4 is 29.7 Å². The topological polar surface area (TPSA) is 112 Å². The molecule has 0 bridgehead atoms. The Morgan fingerprint density at radius 1 is 1.00 bits per heavy atom. The average molecular weight is 477 g/mol. The molecule has 35 heavy (non-hydrogen) atoms. The number of anilines is 1. The van der Waals surface area contributed by atoms with Gasteiger partial charge in [0.15, 0.2) is 6.61 Å². The van der Waals surface area contributed by atoms with Gasteiger partial charge >= 0.3 is 12.0 Å². The number of methoxy groups -OCH3 is 1. The van der Waals surface area contributed by atoms with Gasteiger partial charge in [0.1, 0.15) is 5.75 Å². The zero-order chi connectivity index (χ0) is 25.4. The molecule has 3 rings (SSSR count). The molecule has 0 aliphatic carbocycles. The van der Waals surface area contributed by atoms with Gasteiger partial charge < -0.3 is 14.8 Å². The molecule has 0 saturated heterocycles. The molecular formula is C26H28N4O5. The normalized spacial score (nSPS) is 10.7. The highest BCUT2D eigenvalue weighted by molar-refractivity contribution is 6.02. The molecule has 0 radical (unpaired) electrons. The Hall–Kier alpha value is -4.40. The molecule has 1 heterocycles. The van der Waals surface area contributed by atoms with Crippen LogP contribution in [0.2, 0.25) is 0 Å². The molecule has 0 fully saturated rings. The molecule has 1 aromatic heterocycles. The number of aromatic nitrogens is 2. The number of imide groups is 1. The third kappa shape index (κ3) is 7.29. The third-order valence-corrected chi connectivity index (χ3v) is 5.22. The van der Waals surface area contributed by atoms with Gasteiger partial charge in [-0.25, -0.2) is 9.59 Å². The highest BCUT2D eigenvalue weighted by Gasteiger charge is 2.12. The summed E-state index contributed by atoms with van der Waals surface area (Å²) in [7, 11) is 1.53. The van der Waals surface area contributed by atoms with Crippen LogP contribution in [0, 0.1) is 20.8 Å². The number of nitrogens with zero attached hydrogens (tertiary/aromatic N) is 2. The van der Waals surface area contributed by atoms with E-state index in [9.17, 15) is 14.4 Å². The standard InChI is InChI=1S/C26H28N4O5/c1-17-5-7-20(8-6-17)15-30-19(3)23(18(2)29-30)13-14-25(32)35-16-24(31)28-26(33)27-21-9-11-22(34-4)12-10-21/h5-14H,15-16H2,1-4H3,(H2,27,28,31,33). The molecule has 3 amide bonds. The van der Waals surface area contributed by atoms with Crippen LogP contribution >= 0.6 is 0 Å². The number of nitrogens with one attached hydrogen (secondary N) is 2. The summed E-state index contributed by atoms with van der Waals surface area (Å²) in [5.41, 5.74) is 5.27. The maximum absolute atomic E-state index is 12.1. The lowest BCUT2D eigenvalue weighted by Crippen LogP contribution is -2.37. The first-order valence-corrected chi connectivity index (χ1v) is 10.9. The van der Waals surface area contributed by atoms with Crippen molar-refractivity contribution in [1.82, 2.24) is 15.1 Å². The molecule has 2 aromatic carbocycles. The van der Waals surface area contributed by atoms with E-state index in [1.807, 2.05) is 25.5 Å². The monoisotopic (exact) mass is 476 g/mol. The van der Waals surface area contributed by atoms with Gasteiger partial charge in [-0.2, -0.15) is 5.10 Å². The van der Waals surface area contributed by atoms with Gasteiger partial charge in [-0.1, -0.05) is 29.8 Å². The number of hydrogen-bond acceptors (Lipinski definition) is 6. The Kier molecular flexibility index (Phi) is 8.39. The van der Waals surface area contributed by atoms with Crippen LogP contribution in [0.3, 0.4) is 0 Å². The molecule has 9 heteroatoms. The summed E-state index contributed by atoms with van der Waals surface area (Å²) in [6.45, 7) is 5.84. The minimum Gasteiger partial charge on any atom is -0.497 e. The van der Waals surface area contributed by atoms with Gasteiger partial charge in [-0.3, -0.25) is 14.8 Å². The van der Waals surface area contributed by atoms with Crippen LogP contribution in [-0.4, -0.2) is 41.4 Å². The van der Waals surface area contributed by atoms with E-state index in [1.54, 1.807) is 30.3 Å². The van der Waals surface area contributed by atoms with Crippen molar-refractivity contribution in [2.24, 2.45) is 0 Å². The van der Waals surface area contributed by atoms with Crippen LogP contribution in [0.5, 0.6) is 5.75 Å². The summed E-state index contributed by atoms with van der Waals surface area (Å²) in [5.74, 6) is -0.826.